The Morgan fingerprint density at radius 3 is 2.60 bits per heavy atom. The number of hydrogen-bond acceptors (Lipinski definition) is 4. The highest BCUT2D eigenvalue weighted by Gasteiger charge is 2.62. The molecule has 2 aliphatic rings. The molecule has 0 bridgehead atoms. The zero-order valence-corrected chi connectivity index (χ0v) is 12.2. The van der Waals surface area contributed by atoms with Crippen LogP contribution in [0.25, 0.3) is 0 Å². The number of hydrogen-bond donors (Lipinski definition) is 1. The summed E-state index contributed by atoms with van der Waals surface area (Å²) in [7, 11) is 1.50. The van der Waals surface area contributed by atoms with Crippen LogP contribution in [0, 0.1) is 5.41 Å². The number of nitrogens with zero attached hydrogens (tertiary/aromatic N) is 1. The molecule has 1 spiro atoms. The monoisotopic (exact) mass is 338 g/mol. The Balaban J connectivity index is 2.07. The predicted molar refractivity (Wildman–Crippen MR) is 73.4 cm³/mol. The third-order valence-electron chi connectivity index (χ3n) is 3.61. The second-order valence-electron chi connectivity index (χ2n) is 4.80. The van der Waals surface area contributed by atoms with E-state index in [1.807, 2.05) is 0 Å². The first kappa shape index (κ1) is 13.1. The van der Waals surface area contributed by atoms with Gasteiger partial charge in [-0.25, -0.2) is 9.69 Å². The van der Waals surface area contributed by atoms with Crippen molar-refractivity contribution < 1.29 is 19.1 Å². The number of methoxy groups -OCH3 is 1. The van der Waals surface area contributed by atoms with Crippen LogP contribution in [0.5, 0.6) is 5.75 Å². The van der Waals surface area contributed by atoms with Crippen molar-refractivity contribution in [2.45, 2.75) is 12.8 Å². The maximum Gasteiger partial charge on any atom is 0.335 e. The van der Waals surface area contributed by atoms with Crippen molar-refractivity contribution in [2.24, 2.45) is 5.41 Å². The summed E-state index contributed by atoms with van der Waals surface area (Å²) in [5, 5.41) is 2.24. The van der Waals surface area contributed by atoms with Crippen molar-refractivity contribution in [2.75, 3.05) is 12.0 Å². The first-order valence-corrected chi connectivity index (χ1v) is 6.82. The molecule has 1 N–H and O–H groups in total. The van der Waals surface area contributed by atoms with Gasteiger partial charge in [-0.1, -0.05) is 0 Å². The van der Waals surface area contributed by atoms with Crippen LogP contribution >= 0.6 is 15.9 Å². The maximum atomic E-state index is 12.5. The normalized spacial score (nSPS) is 20.1. The SMILES string of the molecule is COc1ccc(Br)c(N2C(=O)NC(=O)C3(CC3)C2=O)c1. The van der Waals surface area contributed by atoms with Crippen LogP contribution in [-0.4, -0.2) is 25.0 Å². The second kappa shape index (κ2) is 4.31. The molecule has 1 aromatic carbocycles. The standard InChI is InChI=1S/C13H11BrN2O4/c1-20-7-2-3-8(14)9(6-7)16-11(18)13(4-5-13)10(17)15-12(16)19/h2-3,6H,4-5H2,1H3,(H,15,17,19). The van der Waals surface area contributed by atoms with Gasteiger partial charge in [-0.15, -0.1) is 0 Å². The number of carbonyl (C=O) groups excluding carboxylic acids is 3. The zero-order chi connectivity index (χ0) is 14.5. The molecule has 0 atom stereocenters. The lowest BCUT2D eigenvalue weighted by molar-refractivity contribution is -0.136. The number of urea groups is 1. The first-order chi connectivity index (χ1) is 9.49. The maximum absolute atomic E-state index is 12.5. The predicted octanol–water partition coefficient (Wildman–Crippen LogP) is 1.82. The van der Waals surface area contributed by atoms with Gasteiger partial charge in [0, 0.05) is 10.5 Å². The van der Waals surface area contributed by atoms with E-state index >= 15 is 0 Å². The number of imide groups is 2. The summed E-state index contributed by atoms with van der Waals surface area (Å²) in [4.78, 5) is 37.2. The number of amides is 4. The summed E-state index contributed by atoms with van der Waals surface area (Å²) in [6.45, 7) is 0. The first-order valence-electron chi connectivity index (χ1n) is 6.03. The van der Waals surface area contributed by atoms with Gasteiger partial charge >= 0.3 is 6.03 Å². The van der Waals surface area contributed by atoms with Gasteiger partial charge in [-0.05, 0) is 40.9 Å². The summed E-state index contributed by atoms with van der Waals surface area (Å²) in [5.41, 5.74) is -0.693. The molecule has 6 nitrogen and oxygen atoms in total. The van der Waals surface area contributed by atoms with Gasteiger partial charge in [0.1, 0.15) is 11.2 Å². The molecule has 1 heterocycles. The molecule has 1 aliphatic carbocycles. The lowest BCUT2D eigenvalue weighted by Crippen LogP contribution is -2.59. The molecule has 1 saturated carbocycles. The third-order valence-corrected chi connectivity index (χ3v) is 4.29. The van der Waals surface area contributed by atoms with Crippen LogP contribution in [0.1, 0.15) is 12.8 Å². The number of benzene rings is 1. The Bertz CT molecular complexity index is 639. The van der Waals surface area contributed by atoms with Gasteiger partial charge in [-0.3, -0.25) is 14.9 Å². The third kappa shape index (κ3) is 1.73. The minimum atomic E-state index is -1.06. The van der Waals surface area contributed by atoms with Gasteiger partial charge in [0.2, 0.25) is 5.91 Å². The number of rotatable bonds is 2. The van der Waals surface area contributed by atoms with Crippen molar-refractivity contribution in [3.8, 4) is 5.75 Å². The van der Waals surface area contributed by atoms with Crippen molar-refractivity contribution >= 4 is 39.5 Å². The fourth-order valence-corrected chi connectivity index (χ4v) is 2.68. The van der Waals surface area contributed by atoms with E-state index < -0.39 is 23.3 Å². The van der Waals surface area contributed by atoms with Crippen LogP contribution < -0.4 is 15.0 Å². The smallest absolute Gasteiger partial charge is 0.335 e. The fourth-order valence-electron chi connectivity index (χ4n) is 2.25. The number of ether oxygens (including phenoxy) is 1. The quantitative estimate of drug-likeness (QED) is 0.834. The van der Waals surface area contributed by atoms with E-state index in [2.05, 4.69) is 21.2 Å². The van der Waals surface area contributed by atoms with Crippen molar-refractivity contribution in [3.63, 3.8) is 0 Å². The van der Waals surface area contributed by atoms with Crippen LogP contribution in [0.3, 0.4) is 0 Å². The number of carbonyl (C=O) groups is 3. The summed E-state index contributed by atoms with van der Waals surface area (Å²) in [6, 6.07) is 4.24. The molecule has 104 valence electrons. The molecule has 0 radical (unpaired) electrons. The molecule has 7 heteroatoms. The molecule has 20 heavy (non-hydrogen) atoms. The second-order valence-corrected chi connectivity index (χ2v) is 5.65. The molecular formula is C13H11BrN2O4. The highest BCUT2D eigenvalue weighted by atomic mass is 79.9. The molecule has 4 amide bonds. The Morgan fingerprint density at radius 1 is 1.30 bits per heavy atom. The molecule has 0 unspecified atom stereocenters. The van der Waals surface area contributed by atoms with Gasteiger partial charge < -0.3 is 4.74 Å². The highest BCUT2D eigenvalue weighted by molar-refractivity contribution is 9.10. The van der Waals surface area contributed by atoms with E-state index in [9.17, 15) is 14.4 Å². The summed E-state index contributed by atoms with van der Waals surface area (Å²) in [5.74, 6) is -0.450. The Hall–Kier alpha value is -1.89. The number of barbiturate groups is 1. The fraction of sp³-hybridized carbons (Fsp3) is 0.308. The molecular weight excluding hydrogens is 328 g/mol. The van der Waals surface area contributed by atoms with Gasteiger partial charge in [0.15, 0.2) is 0 Å². The van der Waals surface area contributed by atoms with Crippen LogP contribution in [0.15, 0.2) is 22.7 Å². The largest absolute Gasteiger partial charge is 0.497 e. The van der Waals surface area contributed by atoms with E-state index in [0.717, 1.165) is 4.90 Å². The Labute approximate surface area is 123 Å². The molecule has 1 aliphatic heterocycles. The average Bonchev–Trinajstić information content (AvgIpc) is 3.21. The lowest BCUT2D eigenvalue weighted by Gasteiger charge is -2.30. The molecule has 3 rings (SSSR count). The average molecular weight is 339 g/mol. The molecule has 2 fully saturated rings. The minimum Gasteiger partial charge on any atom is -0.497 e. The van der Waals surface area contributed by atoms with Crippen LogP contribution in [0.2, 0.25) is 0 Å². The van der Waals surface area contributed by atoms with Gasteiger partial charge in [-0.2, -0.15) is 0 Å². The van der Waals surface area contributed by atoms with Crippen LogP contribution in [-0.2, 0) is 9.59 Å². The van der Waals surface area contributed by atoms with E-state index in [4.69, 9.17) is 4.74 Å². The summed E-state index contributed by atoms with van der Waals surface area (Å²) in [6.07, 6.45) is 0.950. The number of halogens is 1. The van der Waals surface area contributed by atoms with E-state index in [1.165, 1.54) is 7.11 Å². The molecule has 1 saturated heterocycles. The zero-order valence-electron chi connectivity index (χ0n) is 10.6. The number of nitrogens with one attached hydrogen (secondary N) is 1. The Kier molecular flexibility index (Phi) is 2.82. The van der Waals surface area contributed by atoms with E-state index in [-0.39, 0.29) is 0 Å². The van der Waals surface area contributed by atoms with Gasteiger partial charge in [0.05, 0.1) is 12.8 Å². The van der Waals surface area contributed by atoms with Crippen molar-refractivity contribution in [1.29, 1.82) is 0 Å². The summed E-state index contributed by atoms with van der Waals surface area (Å²) >= 11 is 3.31. The topological polar surface area (TPSA) is 75.7 Å². The van der Waals surface area contributed by atoms with E-state index in [1.54, 1.807) is 18.2 Å². The van der Waals surface area contributed by atoms with Gasteiger partial charge in [0.25, 0.3) is 5.91 Å². The number of anilines is 1. The minimum absolute atomic E-state index is 0.366. The highest BCUT2D eigenvalue weighted by Crippen LogP contribution is 2.50. The van der Waals surface area contributed by atoms with E-state index in [0.29, 0.717) is 28.8 Å². The summed E-state index contributed by atoms with van der Waals surface area (Å²) < 4.78 is 5.68. The lowest BCUT2D eigenvalue weighted by atomic mass is 10.0. The van der Waals surface area contributed by atoms with Crippen molar-refractivity contribution in [1.82, 2.24) is 5.32 Å². The van der Waals surface area contributed by atoms with Crippen LogP contribution in [0.4, 0.5) is 10.5 Å². The van der Waals surface area contributed by atoms with Crippen molar-refractivity contribution in [3.05, 3.63) is 22.7 Å². The molecule has 1 aromatic rings. The molecule has 0 aromatic heterocycles. The Morgan fingerprint density at radius 2 is 2.00 bits per heavy atom.